The summed E-state index contributed by atoms with van der Waals surface area (Å²) in [7, 11) is 1.72. The number of nitrogens with zero attached hydrogens (tertiary/aromatic N) is 6. The van der Waals surface area contributed by atoms with E-state index in [9.17, 15) is 10.0 Å². The van der Waals surface area contributed by atoms with Gasteiger partial charge in [0.2, 0.25) is 0 Å². The summed E-state index contributed by atoms with van der Waals surface area (Å²) in [4.78, 5) is 30.1. The molecule has 194 valence electrons. The highest BCUT2D eigenvalue weighted by Crippen LogP contribution is 2.42. The Morgan fingerprint density at radius 3 is 2.83 bits per heavy atom. The fraction of sp³-hybridized carbons (Fsp3) is 0.640. The van der Waals surface area contributed by atoms with Crippen LogP contribution in [0.1, 0.15) is 38.3 Å². The predicted octanol–water partition coefficient (Wildman–Crippen LogP) is 3.86. The maximum absolute atomic E-state index is 11.2. The maximum Gasteiger partial charge on any atom is 0.172 e. The van der Waals surface area contributed by atoms with Crippen LogP contribution in [0.25, 0.3) is 0 Å². The van der Waals surface area contributed by atoms with Gasteiger partial charge in [0.1, 0.15) is 17.3 Å². The Balaban J connectivity index is 1.33. The summed E-state index contributed by atoms with van der Waals surface area (Å²) in [5.74, 6) is 1.84. The molecule has 5 rings (SSSR count). The van der Waals surface area contributed by atoms with Crippen molar-refractivity contribution in [1.29, 1.82) is 0 Å². The fourth-order valence-corrected chi connectivity index (χ4v) is 6.55. The first-order chi connectivity index (χ1) is 17.5. The van der Waals surface area contributed by atoms with Gasteiger partial charge >= 0.3 is 0 Å². The quantitative estimate of drug-likeness (QED) is 0.521. The fourth-order valence-electron chi connectivity index (χ4n) is 5.75. The van der Waals surface area contributed by atoms with Gasteiger partial charge in [-0.2, -0.15) is 4.91 Å². The number of rotatable bonds is 8. The topological polar surface area (TPSA) is 113 Å². The Hall–Kier alpha value is -2.50. The zero-order chi connectivity index (χ0) is 25.1. The number of hydrogen-bond acceptors (Lipinski definition) is 11. The first-order valence-electron chi connectivity index (χ1n) is 12.6. The van der Waals surface area contributed by atoms with Crippen molar-refractivity contribution in [2.45, 2.75) is 55.1 Å². The van der Waals surface area contributed by atoms with Crippen molar-refractivity contribution in [3.63, 3.8) is 0 Å². The number of methoxy groups -OCH3 is 1. The van der Waals surface area contributed by atoms with E-state index >= 15 is 0 Å². The molecule has 0 bridgehead atoms. The van der Waals surface area contributed by atoms with Gasteiger partial charge in [-0.05, 0) is 44.1 Å². The molecular formula is C25H34N6O4S. The third-order valence-electron chi connectivity index (χ3n) is 7.74. The predicted molar refractivity (Wildman–Crippen MR) is 138 cm³/mol. The van der Waals surface area contributed by atoms with Crippen LogP contribution in [0.5, 0.6) is 5.75 Å². The van der Waals surface area contributed by atoms with Gasteiger partial charge in [-0.15, -0.1) is 0 Å². The molecule has 11 heteroatoms. The number of anilines is 2. The van der Waals surface area contributed by atoms with Gasteiger partial charge in [0.05, 0.1) is 24.3 Å². The molecule has 0 amide bonds. The van der Waals surface area contributed by atoms with E-state index in [2.05, 4.69) is 26.9 Å². The van der Waals surface area contributed by atoms with Gasteiger partial charge < -0.3 is 24.4 Å². The lowest BCUT2D eigenvalue weighted by molar-refractivity contribution is 0.133. The van der Waals surface area contributed by atoms with Crippen LogP contribution in [0.2, 0.25) is 0 Å². The molecule has 1 spiro atoms. The molecule has 3 aliphatic heterocycles. The summed E-state index contributed by atoms with van der Waals surface area (Å²) < 4.78 is 11.0. The Bertz CT molecular complexity index is 1070. The first kappa shape index (κ1) is 25.2. The minimum atomic E-state index is -0.0404. The van der Waals surface area contributed by atoms with Crippen molar-refractivity contribution in [1.82, 2.24) is 15.0 Å². The Kier molecular flexibility index (Phi) is 7.59. The van der Waals surface area contributed by atoms with Crippen LogP contribution in [0.4, 0.5) is 11.6 Å². The molecule has 2 atom stereocenters. The number of hydrogen-bond donors (Lipinski definition) is 1. The lowest BCUT2D eigenvalue weighted by atomic mass is 9.78. The van der Waals surface area contributed by atoms with Crippen LogP contribution in [-0.4, -0.2) is 72.7 Å². The van der Waals surface area contributed by atoms with Gasteiger partial charge in [0, 0.05) is 51.5 Å². The molecule has 0 aliphatic carbocycles. The molecule has 2 aromatic rings. The van der Waals surface area contributed by atoms with Crippen molar-refractivity contribution < 1.29 is 14.6 Å². The van der Waals surface area contributed by atoms with Crippen LogP contribution in [0.3, 0.4) is 0 Å². The third-order valence-corrected chi connectivity index (χ3v) is 8.70. The highest BCUT2D eigenvalue weighted by Gasteiger charge is 2.39. The van der Waals surface area contributed by atoms with Crippen LogP contribution in [-0.2, 0) is 16.0 Å². The Labute approximate surface area is 215 Å². The summed E-state index contributed by atoms with van der Waals surface area (Å²) in [6.07, 6.45) is 7.63. The zero-order valence-electron chi connectivity index (χ0n) is 20.9. The van der Waals surface area contributed by atoms with Crippen molar-refractivity contribution >= 4 is 23.4 Å². The molecular weight excluding hydrogens is 480 g/mol. The molecule has 10 nitrogen and oxygen atoms in total. The van der Waals surface area contributed by atoms with Crippen LogP contribution < -0.4 is 9.80 Å². The molecule has 5 heterocycles. The van der Waals surface area contributed by atoms with Gasteiger partial charge in [-0.3, -0.25) is 0 Å². The van der Waals surface area contributed by atoms with E-state index in [1.54, 1.807) is 25.6 Å². The number of aromatic nitrogens is 3. The number of pyridine rings is 1. The van der Waals surface area contributed by atoms with Crippen LogP contribution >= 0.6 is 11.8 Å². The van der Waals surface area contributed by atoms with E-state index in [0.717, 1.165) is 64.3 Å². The van der Waals surface area contributed by atoms with E-state index in [1.165, 1.54) is 11.8 Å². The number of nitroso groups, excluding NO2 is 1. The Morgan fingerprint density at radius 2 is 2.11 bits per heavy atom. The molecule has 0 saturated carbocycles. The summed E-state index contributed by atoms with van der Waals surface area (Å²) in [6.45, 7) is 6.99. The molecule has 3 fully saturated rings. The molecule has 0 radical (unpaired) electrons. The first-order valence-corrected chi connectivity index (χ1v) is 13.4. The highest BCUT2D eigenvalue weighted by molar-refractivity contribution is 7.99. The molecule has 3 aliphatic rings. The highest BCUT2D eigenvalue weighted by atomic mass is 32.2. The smallest absolute Gasteiger partial charge is 0.172 e. The molecule has 36 heavy (non-hydrogen) atoms. The normalized spacial score (nSPS) is 23.5. The van der Waals surface area contributed by atoms with Crippen molar-refractivity contribution in [2.75, 3.05) is 56.4 Å². The number of aromatic hydroxyl groups is 1. The number of ether oxygens (including phenoxy) is 2. The van der Waals surface area contributed by atoms with Crippen molar-refractivity contribution in [2.24, 2.45) is 16.5 Å². The second-order valence-corrected chi connectivity index (χ2v) is 11.3. The average Bonchev–Trinajstić information content (AvgIpc) is 3.48. The van der Waals surface area contributed by atoms with Crippen molar-refractivity contribution in [3.8, 4) is 5.75 Å². The lowest BCUT2D eigenvalue weighted by Crippen LogP contribution is -2.41. The van der Waals surface area contributed by atoms with Gasteiger partial charge in [-0.1, -0.05) is 16.9 Å². The van der Waals surface area contributed by atoms with E-state index in [1.807, 2.05) is 0 Å². The van der Waals surface area contributed by atoms with Gasteiger partial charge in [0.25, 0.3) is 0 Å². The summed E-state index contributed by atoms with van der Waals surface area (Å²) in [6, 6.07) is 2.03. The van der Waals surface area contributed by atoms with Gasteiger partial charge in [-0.25, -0.2) is 15.0 Å². The molecule has 1 N–H and O–H groups in total. The lowest BCUT2D eigenvalue weighted by Gasteiger charge is -2.39. The molecule has 0 aromatic carbocycles. The molecule has 2 aromatic heterocycles. The molecule has 3 saturated heterocycles. The summed E-state index contributed by atoms with van der Waals surface area (Å²) in [5, 5.41) is 14.8. The SMILES string of the molecule is COCC1CC(C)N(c2nccc(Sc3cnc(N4CCC5(CCOC5)CC4)c(CN=O)n3)c2O)C1. The van der Waals surface area contributed by atoms with Crippen LogP contribution in [0, 0.1) is 16.2 Å². The molecule has 2 unspecified atom stereocenters. The largest absolute Gasteiger partial charge is 0.503 e. The summed E-state index contributed by atoms with van der Waals surface area (Å²) >= 11 is 1.32. The maximum atomic E-state index is 11.2. The van der Waals surface area contributed by atoms with E-state index < -0.39 is 0 Å². The van der Waals surface area contributed by atoms with E-state index in [-0.39, 0.29) is 23.8 Å². The van der Waals surface area contributed by atoms with Crippen LogP contribution in [0.15, 0.2) is 33.6 Å². The second-order valence-electron chi connectivity index (χ2n) is 10.2. The second kappa shape index (κ2) is 10.9. The minimum absolute atomic E-state index is 0.0404. The zero-order valence-corrected chi connectivity index (χ0v) is 21.7. The third kappa shape index (κ3) is 5.14. The number of piperidine rings is 1. The summed E-state index contributed by atoms with van der Waals surface area (Å²) in [5.41, 5.74) is 0.855. The Morgan fingerprint density at radius 1 is 1.28 bits per heavy atom. The van der Waals surface area contributed by atoms with E-state index in [0.29, 0.717) is 34.0 Å². The average molecular weight is 515 g/mol. The van der Waals surface area contributed by atoms with Crippen molar-refractivity contribution in [3.05, 3.63) is 29.1 Å². The van der Waals surface area contributed by atoms with E-state index in [4.69, 9.17) is 19.4 Å². The standard InChI is InChI=1S/C25H34N6O4S/c1-17-11-18(15-34-2)14-31(17)24-22(32)20(3-7-26-24)36-21-13-27-23(19(29-21)12-28-33)30-8-4-25(5-9-30)6-10-35-16-25/h3,7,13,17-18,32H,4-6,8-12,14-16H2,1-2H3. The van der Waals surface area contributed by atoms with Gasteiger partial charge in [0.15, 0.2) is 17.4 Å². The monoisotopic (exact) mass is 514 g/mol. The minimum Gasteiger partial charge on any atom is -0.503 e.